The first-order valence-corrected chi connectivity index (χ1v) is 7.75. The average molecular weight is 355 g/mol. The van der Waals surface area contributed by atoms with Gasteiger partial charge in [-0.3, -0.25) is 4.79 Å². The van der Waals surface area contributed by atoms with Crippen molar-refractivity contribution in [3.8, 4) is 5.75 Å². The highest BCUT2D eigenvalue weighted by Crippen LogP contribution is 2.22. The van der Waals surface area contributed by atoms with E-state index in [1.165, 1.54) is 0 Å². The first-order valence-electron chi connectivity index (χ1n) is 6.14. The highest BCUT2D eigenvalue weighted by molar-refractivity contribution is 9.11. The third kappa shape index (κ3) is 3.98. The number of nitrogens with two attached hydrogens (primary N) is 1. The van der Waals surface area contributed by atoms with Crippen molar-refractivity contribution in [3.05, 3.63) is 44.6 Å². The number of ether oxygens (including phenoxy) is 1. The number of rotatable bonds is 5. The van der Waals surface area contributed by atoms with Crippen LogP contribution in [-0.2, 0) is 6.54 Å². The van der Waals surface area contributed by atoms with Gasteiger partial charge >= 0.3 is 0 Å². The van der Waals surface area contributed by atoms with Gasteiger partial charge in [0.1, 0.15) is 5.75 Å². The molecule has 0 aliphatic carbocycles. The highest BCUT2D eigenvalue weighted by Gasteiger charge is 2.09. The first-order chi connectivity index (χ1) is 9.58. The van der Waals surface area contributed by atoms with Gasteiger partial charge in [0.2, 0.25) is 0 Å². The van der Waals surface area contributed by atoms with Crippen LogP contribution in [0.4, 0.5) is 5.69 Å². The number of carbonyl (C=O) groups is 1. The van der Waals surface area contributed by atoms with Crippen molar-refractivity contribution in [3.63, 3.8) is 0 Å². The van der Waals surface area contributed by atoms with Crippen LogP contribution in [-0.4, -0.2) is 12.5 Å². The molecule has 0 aliphatic rings. The number of carbonyl (C=O) groups excluding carboxylic acids is 1. The van der Waals surface area contributed by atoms with Crippen molar-refractivity contribution in [1.82, 2.24) is 5.32 Å². The van der Waals surface area contributed by atoms with Gasteiger partial charge < -0.3 is 15.8 Å². The second kappa shape index (κ2) is 6.76. The molecule has 20 heavy (non-hydrogen) atoms. The van der Waals surface area contributed by atoms with Crippen molar-refractivity contribution in [2.75, 3.05) is 12.3 Å². The Morgan fingerprint density at radius 1 is 1.40 bits per heavy atom. The van der Waals surface area contributed by atoms with E-state index >= 15 is 0 Å². The van der Waals surface area contributed by atoms with E-state index in [0.29, 0.717) is 30.2 Å². The van der Waals surface area contributed by atoms with Crippen LogP contribution in [0.3, 0.4) is 0 Å². The van der Waals surface area contributed by atoms with Gasteiger partial charge in [-0.25, -0.2) is 0 Å². The Morgan fingerprint density at radius 3 is 2.85 bits per heavy atom. The number of hydrogen-bond acceptors (Lipinski definition) is 4. The summed E-state index contributed by atoms with van der Waals surface area (Å²) in [6.07, 6.45) is 0. The molecule has 0 radical (unpaired) electrons. The van der Waals surface area contributed by atoms with Crippen LogP contribution in [0.2, 0.25) is 0 Å². The number of anilines is 1. The van der Waals surface area contributed by atoms with Crippen molar-refractivity contribution >= 4 is 38.9 Å². The molecule has 2 aromatic rings. The molecule has 0 bridgehead atoms. The number of nitrogen functional groups attached to an aromatic ring is 1. The molecule has 1 amide bonds. The van der Waals surface area contributed by atoms with Gasteiger partial charge in [-0.05, 0) is 47.1 Å². The Balaban J connectivity index is 2.04. The maximum atomic E-state index is 12.1. The fourth-order valence-electron chi connectivity index (χ4n) is 1.72. The van der Waals surface area contributed by atoms with Crippen LogP contribution in [0.25, 0.3) is 0 Å². The molecular formula is C14H15BrN2O2S. The summed E-state index contributed by atoms with van der Waals surface area (Å²) in [5.74, 6) is 0.444. The molecule has 0 aliphatic heterocycles. The minimum absolute atomic E-state index is 0.164. The minimum atomic E-state index is -0.164. The fourth-order valence-corrected chi connectivity index (χ4v) is 3.14. The van der Waals surface area contributed by atoms with E-state index < -0.39 is 0 Å². The zero-order valence-corrected chi connectivity index (χ0v) is 13.4. The number of halogens is 1. The summed E-state index contributed by atoms with van der Waals surface area (Å²) in [5.41, 5.74) is 6.79. The van der Waals surface area contributed by atoms with Gasteiger partial charge in [-0.2, -0.15) is 0 Å². The molecule has 1 aromatic heterocycles. The number of hydrogen-bond donors (Lipinski definition) is 2. The summed E-state index contributed by atoms with van der Waals surface area (Å²) in [6.45, 7) is 2.92. The molecule has 3 N–H and O–H groups in total. The van der Waals surface area contributed by atoms with Gasteiger partial charge in [0, 0.05) is 22.2 Å². The molecule has 0 saturated heterocycles. The second-order valence-electron chi connectivity index (χ2n) is 4.11. The molecule has 6 heteroatoms. The smallest absolute Gasteiger partial charge is 0.251 e. The summed E-state index contributed by atoms with van der Waals surface area (Å²) in [5, 5.41) is 2.86. The van der Waals surface area contributed by atoms with Crippen LogP contribution in [0.15, 0.2) is 34.1 Å². The standard InChI is InChI=1S/C14H15BrN2O2S/c1-2-19-11-6-9(5-10(16)7-11)14(18)17-8-12-3-4-13(15)20-12/h3-7H,2,8,16H2,1H3,(H,17,18). The lowest BCUT2D eigenvalue weighted by Crippen LogP contribution is -2.22. The normalized spacial score (nSPS) is 10.3. The Bertz CT molecular complexity index is 613. The summed E-state index contributed by atoms with van der Waals surface area (Å²) in [7, 11) is 0. The summed E-state index contributed by atoms with van der Waals surface area (Å²) >= 11 is 4.99. The molecule has 0 atom stereocenters. The van der Waals surface area contributed by atoms with Crippen LogP contribution >= 0.6 is 27.3 Å². The molecule has 0 spiro atoms. The van der Waals surface area contributed by atoms with Gasteiger partial charge in [0.05, 0.1) is 16.9 Å². The van der Waals surface area contributed by atoms with Gasteiger partial charge in [-0.1, -0.05) is 0 Å². The summed E-state index contributed by atoms with van der Waals surface area (Å²) in [4.78, 5) is 13.2. The van der Waals surface area contributed by atoms with Crippen molar-refractivity contribution in [1.29, 1.82) is 0 Å². The van der Waals surface area contributed by atoms with E-state index in [2.05, 4.69) is 21.2 Å². The predicted molar refractivity (Wildman–Crippen MR) is 85.2 cm³/mol. The number of benzene rings is 1. The second-order valence-corrected chi connectivity index (χ2v) is 6.66. The molecule has 1 heterocycles. The van der Waals surface area contributed by atoms with Crippen molar-refractivity contribution in [2.24, 2.45) is 0 Å². The van der Waals surface area contributed by atoms with E-state index in [1.54, 1.807) is 29.5 Å². The monoisotopic (exact) mass is 354 g/mol. The maximum absolute atomic E-state index is 12.1. The lowest BCUT2D eigenvalue weighted by atomic mass is 10.1. The SMILES string of the molecule is CCOc1cc(N)cc(C(=O)NCc2ccc(Br)s2)c1. The lowest BCUT2D eigenvalue weighted by Gasteiger charge is -2.08. The number of thiophene rings is 1. The Hall–Kier alpha value is -1.53. The largest absolute Gasteiger partial charge is 0.494 e. The number of amides is 1. The first kappa shape index (κ1) is 14.9. The number of nitrogens with one attached hydrogen (secondary N) is 1. The van der Waals surface area contributed by atoms with E-state index in [0.717, 1.165) is 8.66 Å². The Kier molecular flexibility index (Phi) is 5.03. The molecule has 0 saturated carbocycles. The summed E-state index contributed by atoms with van der Waals surface area (Å²) in [6, 6.07) is 8.97. The molecule has 2 rings (SSSR count). The minimum Gasteiger partial charge on any atom is -0.494 e. The molecule has 0 fully saturated rings. The van der Waals surface area contributed by atoms with E-state index in [1.807, 2.05) is 19.1 Å². The van der Waals surface area contributed by atoms with Gasteiger partial charge in [-0.15, -0.1) is 11.3 Å². The van der Waals surface area contributed by atoms with Crippen molar-refractivity contribution in [2.45, 2.75) is 13.5 Å². The van der Waals surface area contributed by atoms with E-state index in [-0.39, 0.29) is 5.91 Å². The fraction of sp³-hybridized carbons (Fsp3) is 0.214. The van der Waals surface area contributed by atoms with E-state index in [4.69, 9.17) is 10.5 Å². The van der Waals surface area contributed by atoms with Crippen molar-refractivity contribution < 1.29 is 9.53 Å². The molecular weight excluding hydrogens is 340 g/mol. The van der Waals surface area contributed by atoms with Gasteiger partial charge in [0.25, 0.3) is 5.91 Å². The van der Waals surface area contributed by atoms with Crippen LogP contribution in [0.1, 0.15) is 22.2 Å². The third-order valence-corrected chi connectivity index (χ3v) is 4.18. The quantitative estimate of drug-likeness (QED) is 0.808. The average Bonchev–Trinajstić information content (AvgIpc) is 2.81. The van der Waals surface area contributed by atoms with Crippen LogP contribution in [0.5, 0.6) is 5.75 Å². The topological polar surface area (TPSA) is 64.3 Å². The maximum Gasteiger partial charge on any atom is 0.251 e. The lowest BCUT2D eigenvalue weighted by molar-refractivity contribution is 0.0951. The van der Waals surface area contributed by atoms with Gasteiger partial charge in [0.15, 0.2) is 0 Å². The molecule has 106 valence electrons. The van der Waals surface area contributed by atoms with Crippen LogP contribution < -0.4 is 15.8 Å². The Labute approximate surface area is 130 Å². The molecule has 0 unspecified atom stereocenters. The third-order valence-electron chi connectivity index (χ3n) is 2.55. The molecule has 4 nitrogen and oxygen atoms in total. The molecule has 1 aromatic carbocycles. The summed E-state index contributed by atoms with van der Waals surface area (Å²) < 4.78 is 6.43. The van der Waals surface area contributed by atoms with Crippen LogP contribution in [0, 0.1) is 0 Å². The zero-order chi connectivity index (χ0) is 14.5. The Morgan fingerprint density at radius 2 is 2.20 bits per heavy atom. The zero-order valence-electron chi connectivity index (χ0n) is 11.0. The predicted octanol–water partition coefficient (Wildman–Crippen LogP) is 3.42. The van der Waals surface area contributed by atoms with E-state index in [9.17, 15) is 4.79 Å². The highest BCUT2D eigenvalue weighted by atomic mass is 79.9.